The van der Waals surface area contributed by atoms with Crippen LogP contribution < -0.4 is 5.32 Å². The van der Waals surface area contributed by atoms with Crippen LogP contribution in [0.15, 0.2) is 84.9 Å². The summed E-state index contributed by atoms with van der Waals surface area (Å²) in [7, 11) is 0. The molecular formula is C25H27FN2O2. The summed E-state index contributed by atoms with van der Waals surface area (Å²) in [5.74, 6) is -0.466. The number of nitrogens with one attached hydrogen (secondary N) is 1. The minimum absolute atomic E-state index is 0.0161. The van der Waals surface area contributed by atoms with Crippen LogP contribution in [0.3, 0.4) is 0 Å². The van der Waals surface area contributed by atoms with Crippen molar-refractivity contribution in [3.8, 4) is 0 Å². The normalized spacial score (nSPS) is 11.1. The Kier molecular flexibility index (Phi) is 8.12. The molecule has 0 atom stereocenters. The Morgan fingerprint density at radius 1 is 0.867 bits per heavy atom. The van der Waals surface area contributed by atoms with Gasteiger partial charge in [0.25, 0.3) is 0 Å². The van der Waals surface area contributed by atoms with Gasteiger partial charge in [-0.15, -0.1) is 0 Å². The number of amides is 1. The molecule has 0 unspecified atom stereocenters. The highest BCUT2D eigenvalue weighted by Crippen LogP contribution is 2.29. The molecule has 156 valence electrons. The maximum Gasteiger partial charge on any atom is 0.225 e. The van der Waals surface area contributed by atoms with Gasteiger partial charge >= 0.3 is 0 Å². The van der Waals surface area contributed by atoms with Gasteiger partial charge in [0.05, 0.1) is 6.04 Å². The second kappa shape index (κ2) is 11.2. The standard InChI is InChI=1S/C25H27FN2O2/c26-22-12-14-23(15-13-22)27-24(30)16-18-28(17-7-19-29)25(20-8-3-1-4-9-20)21-10-5-2-6-11-21/h1-6,8-15,25,29H,7,16-19H2,(H,27,30). The van der Waals surface area contributed by atoms with E-state index in [4.69, 9.17) is 0 Å². The van der Waals surface area contributed by atoms with Gasteiger partial charge in [0.1, 0.15) is 5.82 Å². The fraction of sp³-hybridized carbons (Fsp3) is 0.240. The summed E-state index contributed by atoms with van der Waals surface area (Å²) in [6.45, 7) is 1.28. The summed E-state index contributed by atoms with van der Waals surface area (Å²) >= 11 is 0. The zero-order chi connectivity index (χ0) is 21.2. The van der Waals surface area contributed by atoms with Crippen molar-refractivity contribution in [3.05, 3.63) is 102 Å². The number of aliphatic hydroxyl groups is 1. The van der Waals surface area contributed by atoms with Crippen LogP contribution in [0.1, 0.15) is 30.0 Å². The summed E-state index contributed by atoms with van der Waals surface area (Å²) in [5.41, 5.74) is 2.85. The molecule has 0 bridgehead atoms. The summed E-state index contributed by atoms with van der Waals surface area (Å²) in [4.78, 5) is 14.7. The van der Waals surface area contributed by atoms with E-state index in [9.17, 15) is 14.3 Å². The predicted octanol–water partition coefficient (Wildman–Crippen LogP) is 4.63. The van der Waals surface area contributed by atoms with E-state index < -0.39 is 0 Å². The van der Waals surface area contributed by atoms with Gasteiger partial charge in [-0.2, -0.15) is 0 Å². The van der Waals surface area contributed by atoms with E-state index in [0.29, 0.717) is 31.6 Å². The SMILES string of the molecule is O=C(CCN(CCCO)C(c1ccccc1)c1ccccc1)Nc1ccc(F)cc1. The fourth-order valence-electron chi connectivity index (χ4n) is 3.53. The number of carbonyl (C=O) groups is 1. The van der Waals surface area contributed by atoms with Crippen molar-refractivity contribution in [3.63, 3.8) is 0 Å². The lowest BCUT2D eigenvalue weighted by Gasteiger charge is -2.32. The summed E-state index contributed by atoms with van der Waals surface area (Å²) in [6, 6.07) is 26.1. The van der Waals surface area contributed by atoms with Crippen LogP contribution >= 0.6 is 0 Å². The molecule has 5 heteroatoms. The van der Waals surface area contributed by atoms with E-state index in [2.05, 4.69) is 34.5 Å². The third-order valence-electron chi connectivity index (χ3n) is 4.95. The van der Waals surface area contributed by atoms with Crippen LogP contribution in [0, 0.1) is 5.82 Å². The molecule has 0 saturated heterocycles. The minimum atomic E-state index is -0.336. The zero-order valence-corrected chi connectivity index (χ0v) is 16.9. The molecule has 0 spiro atoms. The average molecular weight is 407 g/mol. The molecule has 0 aliphatic heterocycles. The lowest BCUT2D eigenvalue weighted by molar-refractivity contribution is -0.116. The van der Waals surface area contributed by atoms with Crippen molar-refractivity contribution in [2.24, 2.45) is 0 Å². The van der Waals surface area contributed by atoms with Crippen LogP contribution in [0.5, 0.6) is 0 Å². The molecule has 0 heterocycles. The van der Waals surface area contributed by atoms with E-state index in [1.54, 1.807) is 12.1 Å². The lowest BCUT2D eigenvalue weighted by atomic mass is 9.96. The number of rotatable bonds is 10. The number of hydrogen-bond donors (Lipinski definition) is 2. The van der Waals surface area contributed by atoms with Gasteiger partial charge in [0.2, 0.25) is 5.91 Å². The third kappa shape index (κ3) is 6.24. The van der Waals surface area contributed by atoms with Crippen LogP contribution in [0.2, 0.25) is 0 Å². The van der Waals surface area contributed by atoms with E-state index in [1.165, 1.54) is 12.1 Å². The second-order valence-corrected chi connectivity index (χ2v) is 7.14. The molecule has 1 amide bonds. The van der Waals surface area contributed by atoms with Crippen molar-refractivity contribution in [1.29, 1.82) is 0 Å². The third-order valence-corrected chi connectivity index (χ3v) is 4.95. The van der Waals surface area contributed by atoms with E-state index in [-0.39, 0.29) is 24.4 Å². The fourth-order valence-corrected chi connectivity index (χ4v) is 3.53. The molecule has 3 rings (SSSR count). The average Bonchev–Trinajstić information content (AvgIpc) is 2.78. The van der Waals surface area contributed by atoms with Gasteiger partial charge in [-0.05, 0) is 41.8 Å². The maximum atomic E-state index is 13.1. The molecular weight excluding hydrogens is 379 g/mol. The Morgan fingerprint density at radius 2 is 1.43 bits per heavy atom. The van der Waals surface area contributed by atoms with Gasteiger partial charge < -0.3 is 10.4 Å². The largest absolute Gasteiger partial charge is 0.396 e. The predicted molar refractivity (Wildman–Crippen MR) is 118 cm³/mol. The van der Waals surface area contributed by atoms with E-state index in [1.807, 2.05) is 36.4 Å². The summed E-state index contributed by atoms with van der Waals surface area (Å²) in [6.07, 6.45) is 0.911. The number of nitrogens with zero attached hydrogens (tertiary/aromatic N) is 1. The molecule has 0 radical (unpaired) electrons. The number of carbonyl (C=O) groups excluding carboxylic acids is 1. The molecule has 0 aliphatic carbocycles. The quantitative estimate of drug-likeness (QED) is 0.516. The first-order valence-electron chi connectivity index (χ1n) is 10.2. The van der Waals surface area contributed by atoms with E-state index in [0.717, 1.165) is 11.1 Å². The molecule has 3 aromatic rings. The molecule has 0 fully saturated rings. The number of benzene rings is 3. The summed E-state index contributed by atoms with van der Waals surface area (Å²) < 4.78 is 13.1. The molecule has 4 nitrogen and oxygen atoms in total. The second-order valence-electron chi connectivity index (χ2n) is 7.14. The highest BCUT2D eigenvalue weighted by molar-refractivity contribution is 5.90. The molecule has 3 aromatic carbocycles. The van der Waals surface area contributed by atoms with Gasteiger partial charge in [-0.1, -0.05) is 60.7 Å². The molecule has 0 aromatic heterocycles. The summed E-state index contributed by atoms with van der Waals surface area (Å²) in [5, 5.41) is 12.2. The highest BCUT2D eigenvalue weighted by atomic mass is 19.1. The Hall–Kier alpha value is -3.02. The maximum absolute atomic E-state index is 13.1. The Morgan fingerprint density at radius 3 is 1.97 bits per heavy atom. The molecule has 2 N–H and O–H groups in total. The first kappa shape index (κ1) is 21.7. The number of anilines is 1. The smallest absolute Gasteiger partial charge is 0.225 e. The number of hydrogen-bond acceptors (Lipinski definition) is 3. The van der Waals surface area contributed by atoms with Gasteiger partial charge in [-0.25, -0.2) is 4.39 Å². The van der Waals surface area contributed by atoms with Crippen LogP contribution in [0.4, 0.5) is 10.1 Å². The monoisotopic (exact) mass is 406 g/mol. The first-order chi connectivity index (χ1) is 14.7. The Balaban J connectivity index is 1.76. The van der Waals surface area contributed by atoms with Crippen molar-refractivity contribution in [2.45, 2.75) is 18.9 Å². The van der Waals surface area contributed by atoms with Crippen LogP contribution in [-0.4, -0.2) is 35.6 Å². The first-order valence-corrected chi connectivity index (χ1v) is 10.2. The van der Waals surface area contributed by atoms with Crippen LogP contribution in [0.25, 0.3) is 0 Å². The minimum Gasteiger partial charge on any atom is -0.396 e. The Labute approximate surface area is 177 Å². The number of aliphatic hydroxyl groups excluding tert-OH is 1. The van der Waals surface area contributed by atoms with Crippen molar-refractivity contribution < 1.29 is 14.3 Å². The van der Waals surface area contributed by atoms with Crippen molar-refractivity contribution in [1.82, 2.24) is 4.90 Å². The zero-order valence-electron chi connectivity index (χ0n) is 16.9. The van der Waals surface area contributed by atoms with E-state index >= 15 is 0 Å². The van der Waals surface area contributed by atoms with Gasteiger partial charge in [-0.3, -0.25) is 9.69 Å². The highest BCUT2D eigenvalue weighted by Gasteiger charge is 2.22. The molecule has 30 heavy (non-hydrogen) atoms. The van der Waals surface area contributed by atoms with Gasteiger partial charge in [0.15, 0.2) is 0 Å². The van der Waals surface area contributed by atoms with Crippen LogP contribution in [-0.2, 0) is 4.79 Å². The van der Waals surface area contributed by atoms with Gasteiger partial charge in [0, 0.05) is 31.8 Å². The van der Waals surface area contributed by atoms with Crippen molar-refractivity contribution >= 4 is 11.6 Å². The number of halogens is 1. The topological polar surface area (TPSA) is 52.6 Å². The lowest BCUT2D eigenvalue weighted by Crippen LogP contribution is -2.34. The molecule has 0 aliphatic rings. The van der Waals surface area contributed by atoms with Crippen molar-refractivity contribution in [2.75, 3.05) is 25.0 Å². The molecule has 0 saturated carbocycles. The Bertz CT molecular complexity index is 862.